The van der Waals surface area contributed by atoms with Crippen molar-refractivity contribution in [3.8, 4) is 0 Å². The van der Waals surface area contributed by atoms with Crippen LogP contribution in [0.2, 0.25) is 0 Å². The standard InChI is InChI=1S/C22H35FO2/c1-5-14-6-7-19-17-12-20(23)18-13-22(24-3,25-4)11-9-16(18)15(17)8-10-21(14,19)2/h5,15-20H,6-13H2,1-4H3/b14-5-/t15-,16?,17?,18?,19+,20-,21-/m1/s1. The Morgan fingerprint density at radius 1 is 1.00 bits per heavy atom. The van der Waals surface area contributed by atoms with Crippen LogP contribution in [0.5, 0.6) is 0 Å². The summed E-state index contributed by atoms with van der Waals surface area (Å²) in [5, 5.41) is 0. The van der Waals surface area contributed by atoms with Crippen LogP contribution < -0.4 is 0 Å². The van der Waals surface area contributed by atoms with Crippen LogP contribution in [0.4, 0.5) is 4.39 Å². The van der Waals surface area contributed by atoms with Gasteiger partial charge in [0, 0.05) is 27.1 Å². The lowest BCUT2D eigenvalue weighted by Crippen LogP contribution is -2.54. The van der Waals surface area contributed by atoms with Gasteiger partial charge in [0.2, 0.25) is 0 Å². The molecule has 7 atom stereocenters. The van der Waals surface area contributed by atoms with Crippen LogP contribution >= 0.6 is 0 Å². The minimum atomic E-state index is -0.687. The van der Waals surface area contributed by atoms with Gasteiger partial charge in [-0.05, 0) is 80.5 Å². The van der Waals surface area contributed by atoms with Crippen LogP contribution in [0.3, 0.4) is 0 Å². The van der Waals surface area contributed by atoms with E-state index < -0.39 is 12.0 Å². The van der Waals surface area contributed by atoms with Crippen molar-refractivity contribution in [1.82, 2.24) is 0 Å². The van der Waals surface area contributed by atoms with Gasteiger partial charge < -0.3 is 9.47 Å². The smallest absolute Gasteiger partial charge is 0.167 e. The van der Waals surface area contributed by atoms with Gasteiger partial charge in [-0.2, -0.15) is 0 Å². The summed E-state index contributed by atoms with van der Waals surface area (Å²) in [6, 6.07) is 0. The first-order valence-corrected chi connectivity index (χ1v) is 10.4. The predicted octanol–water partition coefficient (Wildman–Crippen LogP) is 5.52. The predicted molar refractivity (Wildman–Crippen MR) is 97.9 cm³/mol. The fourth-order valence-electron chi connectivity index (χ4n) is 7.54. The SMILES string of the molecule is C/C=C1/CC[C@H]2C3C[C@@H](F)C4CC(OC)(OC)CCC4[C@H]3CC[C@]12C. The molecule has 0 aromatic rings. The Morgan fingerprint density at radius 3 is 2.36 bits per heavy atom. The monoisotopic (exact) mass is 350 g/mol. The molecule has 0 radical (unpaired) electrons. The van der Waals surface area contributed by atoms with Crippen LogP contribution in [0.15, 0.2) is 11.6 Å². The number of methoxy groups -OCH3 is 2. The summed E-state index contributed by atoms with van der Waals surface area (Å²) in [5.41, 5.74) is 2.00. The molecule has 3 heteroatoms. The Labute approximate surface area is 152 Å². The van der Waals surface area contributed by atoms with Gasteiger partial charge >= 0.3 is 0 Å². The average Bonchev–Trinajstić information content (AvgIpc) is 2.98. The summed E-state index contributed by atoms with van der Waals surface area (Å²) in [7, 11) is 3.43. The third kappa shape index (κ3) is 2.56. The largest absolute Gasteiger partial charge is 0.353 e. The van der Waals surface area contributed by atoms with E-state index in [1.807, 2.05) is 0 Å². The first-order valence-electron chi connectivity index (χ1n) is 10.4. The lowest BCUT2D eigenvalue weighted by Gasteiger charge is -2.57. The number of ether oxygens (including phenoxy) is 2. The van der Waals surface area contributed by atoms with Crippen molar-refractivity contribution >= 4 is 0 Å². The van der Waals surface area contributed by atoms with Crippen LogP contribution in [0.25, 0.3) is 0 Å². The molecule has 0 spiro atoms. The van der Waals surface area contributed by atoms with Gasteiger partial charge in [-0.25, -0.2) is 4.39 Å². The van der Waals surface area contributed by atoms with Crippen molar-refractivity contribution in [3.63, 3.8) is 0 Å². The lowest BCUT2D eigenvalue weighted by atomic mass is 9.49. The summed E-state index contributed by atoms with van der Waals surface area (Å²) in [4.78, 5) is 0. The van der Waals surface area contributed by atoms with Crippen LogP contribution in [-0.4, -0.2) is 26.2 Å². The minimum Gasteiger partial charge on any atom is -0.353 e. The molecule has 0 N–H and O–H groups in total. The van der Waals surface area contributed by atoms with Gasteiger partial charge in [0.05, 0.1) is 0 Å². The molecule has 4 fully saturated rings. The molecule has 0 saturated heterocycles. The molecular formula is C22H35FO2. The number of hydrogen-bond acceptors (Lipinski definition) is 2. The third-order valence-corrected chi connectivity index (χ3v) is 8.90. The van der Waals surface area contributed by atoms with E-state index in [0.29, 0.717) is 23.2 Å². The molecule has 25 heavy (non-hydrogen) atoms. The number of alkyl halides is 1. The first kappa shape index (κ1) is 18.0. The Bertz CT molecular complexity index is 540. The molecule has 2 nitrogen and oxygen atoms in total. The van der Waals surface area contributed by atoms with Gasteiger partial charge in [-0.1, -0.05) is 18.6 Å². The second-order valence-corrected chi connectivity index (χ2v) is 9.38. The highest BCUT2D eigenvalue weighted by Gasteiger charge is 2.58. The minimum absolute atomic E-state index is 0.127. The van der Waals surface area contributed by atoms with Crippen molar-refractivity contribution in [2.24, 2.45) is 35.0 Å². The summed E-state index contributed by atoms with van der Waals surface area (Å²) < 4.78 is 26.7. The van der Waals surface area contributed by atoms with E-state index in [9.17, 15) is 0 Å². The topological polar surface area (TPSA) is 18.5 Å². The molecule has 4 aliphatic rings. The van der Waals surface area contributed by atoms with Gasteiger partial charge in [0.15, 0.2) is 5.79 Å². The molecule has 4 rings (SSSR count). The van der Waals surface area contributed by atoms with E-state index in [4.69, 9.17) is 9.47 Å². The van der Waals surface area contributed by atoms with Crippen molar-refractivity contribution in [3.05, 3.63) is 11.6 Å². The van der Waals surface area contributed by atoms with Crippen LogP contribution in [-0.2, 0) is 9.47 Å². The van der Waals surface area contributed by atoms with Crippen LogP contribution in [0.1, 0.15) is 65.2 Å². The zero-order chi connectivity index (χ0) is 17.8. The highest BCUT2D eigenvalue weighted by atomic mass is 19.1. The molecule has 0 heterocycles. The molecule has 4 aliphatic carbocycles. The highest BCUT2D eigenvalue weighted by Crippen LogP contribution is 2.64. The summed E-state index contributed by atoms with van der Waals surface area (Å²) >= 11 is 0. The number of halogens is 1. The number of rotatable bonds is 2. The van der Waals surface area contributed by atoms with E-state index in [1.54, 1.807) is 19.8 Å². The maximum atomic E-state index is 15.3. The molecule has 4 saturated carbocycles. The zero-order valence-corrected chi connectivity index (χ0v) is 16.4. The number of hydrogen-bond donors (Lipinski definition) is 0. The van der Waals surface area contributed by atoms with Crippen molar-refractivity contribution in [1.29, 1.82) is 0 Å². The molecule has 0 amide bonds. The quantitative estimate of drug-likeness (QED) is 0.482. The van der Waals surface area contributed by atoms with Gasteiger partial charge in [0.1, 0.15) is 6.17 Å². The maximum Gasteiger partial charge on any atom is 0.167 e. The number of fused-ring (bicyclic) bond motifs is 5. The Kier molecular flexibility index (Phi) is 4.56. The fraction of sp³-hybridized carbons (Fsp3) is 0.909. The molecule has 3 unspecified atom stereocenters. The third-order valence-electron chi connectivity index (χ3n) is 8.90. The molecule has 0 bridgehead atoms. The second kappa shape index (κ2) is 6.34. The summed E-state index contributed by atoms with van der Waals surface area (Å²) in [6.07, 6.45) is 10.3. The molecule has 0 aliphatic heterocycles. The zero-order valence-electron chi connectivity index (χ0n) is 16.4. The average molecular weight is 351 g/mol. The first-order chi connectivity index (χ1) is 12.0. The Hall–Kier alpha value is -0.410. The van der Waals surface area contributed by atoms with Gasteiger partial charge in [-0.15, -0.1) is 0 Å². The van der Waals surface area contributed by atoms with Gasteiger partial charge in [0.25, 0.3) is 0 Å². The van der Waals surface area contributed by atoms with Gasteiger partial charge in [-0.3, -0.25) is 0 Å². The Morgan fingerprint density at radius 2 is 1.68 bits per heavy atom. The normalized spacial score (nSPS) is 50.2. The van der Waals surface area contributed by atoms with E-state index >= 15 is 4.39 Å². The van der Waals surface area contributed by atoms with E-state index in [1.165, 1.54) is 25.7 Å². The van der Waals surface area contributed by atoms with E-state index in [-0.39, 0.29) is 5.92 Å². The summed E-state index contributed by atoms with van der Waals surface area (Å²) in [5.74, 6) is 2.12. The fourth-order valence-corrected chi connectivity index (χ4v) is 7.54. The van der Waals surface area contributed by atoms with Crippen molar-refractivity contribution < 1.29 is 13.9 Å². The molecular weight excluding hydrogens is 315 g/mol. The highest BCUT2D eigenvalue weighted by molar-refractivity contribution is 5.23. The van der Waals surface area contributed by atoms with Crippen LogP contribution in [0, 0.1) is 35.0 Å². The molecule has 0 aromatic heterocycles. The second-order valence-electron chi connectivity index (χ2n) is 9.38. The van der Waals surface area contributed by atoms with E-state index in [0.717, 1.165) is 31.6 Å². The van der Waals surface area contributed by atoms with Crippen molar-refractivity contribution in [2.75, 3.05) is 14.2 Å². The summed E-state index contributed by atoms with van der Waals surface area (Å²) in [6.45, 7) is 4.66. The molecule has 0 aromatic carbocycles. The van der Waals surface area contributed by atoms with Crippen molar-refractivity contribution in [2.45, 2.75) is 77.2 Å². The molecule has 142 valence electrons. The lowest BCUT2D eigenvalue weighted by molar-refractivity contribution is -0.253. The Balaban J connectivity index is 1.59. The maximum absolute atomic E-state index is 15.3. The number of allylic oxidation sites excluding steroid dienone is 2. The van der Waals surface area contributed by atoms with E-state index in [2.05, 4.69) is 19.9 Å².